The lowest BCUT2D eigenvalue weighted by molar-refractivity contribution is -0.141. The summed E-state index contributed by atoms with van der Waals surface area (Å²) in [5.41, 5.74) is -0.611. The molecule has 20 heavy (non-hydrogen) atoms. The van der Waals surface area contributed by atoms with Gasteiger partial charge in [-0.3, -0.25) is 9.59 Å². The number of rotatable bonds is 9. The van der Waals surface area contributed by atoms with Gasteiger partial charge in [0.15, 0.2) is 0 Å². The Balaban J connectivity index is 4.93. The van der Waals surface area contributed by atoms with Crippen LogP contribution in [0.15, 0.2) is 12.7 Å². The molecular weight excluding hydrogens is 252 g/mol. The zero-order chi connectivity index (χ0) is 16.1. The van der Waals surface area contributed by atoms with E-state index in [9.17, 15) is 9.59 Å². The van der Waals surface area contributed by atoms with E-state index in [1.807, 2.05) is 33.8 Å². The van der Waals surface area contributed by atoms with Crippen LogP contribution in [0.2, 0.25) is 0 Å². The zero-order valence-electron chi connectivity index (χ0n) is 13.8. The van der Waals surface area contributed by atoms with Crippen LogP contribution < -0.4 is 0 Å². The summed E-state index contributed by atoms with van der Waals surface area (Å²) in [6, 6.07) is 0. The number of hydrogen-bond acceptors (Lipinski definition) is 2. The van der Waals surface area contributed by atoms with Gasteiger partial charge in [0.25, 0.3) is 0 Å². The Hall–Kier alpha value is -1.12. The second-order valence-electron chi connectivity index (χ2n) is 6.73. The summed E-state index contributed by atoms with van der Waals surface area (Å²) < 4.78 is 0. The minimum atomic E-state index is -0.848. The van der Waals surface area contributed by atoms with Gasteiger partial charge in [-0.1, -0.05) is 47.6 Å². The number of carbonyl (C=O) groups excluding carboxylic acids is 1. The van der Waals surface area contributed by atoms with Gasteiger partial charge in [-0.25, -0.2) is 0 Å². The van der Waals surface area contributed by atoms with Crippen molar-refractivity contribution in [2.75, 3.05) is 0 Å². The fraction of sp³-hybridized carbons (Fsp3) is 0.765. The molecule has 3 nitrogen and oxygen atoms in total. The van der Waals surface area contributed by atoms with Gasteiger partial charge in [-0.05, 0) is 24.2 Å². The number of aliphatic carboxylic acids is 1. The van der Waals surface area contributed by atoms with Crippen LogP contribution >= 0.6 is 0 Å². The van der Waals surface area contributed by atoms with Gasteiger partial charge < -0.3 is 5.11 Å². The third kappa shape index (κ3) is 4.77. The second kappa shape index (κ2) is 7.61. The van der Waals surface area contributed by atoms with E-state index in [1.54, 1.807) is 0 Å². The van der Waals surface area contributed by atoms with Crippen LogP contribution in [0.25, 0.3) is 0 Å². The number of Topliss-reactive ketones (excluding diaryl/α,β-unsaturated/α-hetero) is 1. The zero-order valence-corrected chi connectivity index (χ0v) is 13.8. The number of allylic oxidation sites excluding steroid dienone is 1. The smallest absolute Gasteiger partial charge is 0.303 e. The van der Waals surface area contributed by atoms with Crippen LogP contribution in [-0.4, -0.2) is 16.9 Å². The molecule has 0 saturated carbocycles. The fourth-order valence-corrected chi connectivity index (χ4v) is 2.56. The van der Waals surface area contributed by atoms with Crippen LogP contribution in [0.5, 0.6) is 0 Å². The minimum absolute atomic E-state index is 0.0298. The second-order valence-corrected chi connectivity index (χ2v) is 6.73. The molecule has 0 aromatic rings. The predicted octanol–water partition coefficient (Wildman–Crippen LogP) is 4.18. The molecule has 0 heterocycles. The summed E-state index contributed by atoms with van der Waals surface area (Å²) in [5, 5.41) is 8.91. The van der Waals surface area contributed by atoms with Gasteiger partial charge in [-0.2, -0.15) is 0 Å². The number of carboxylic acid groups (broad SMARTS) is 1. The summed E-state index contributed by atoms with van der Waals surface area (Å²) in [6.45, 7) is 15.5. The molecule has 116 valence electrons. The molecule has 0 spiro atoms. The maximum absolute atomic E-state index is 12.7. The molecule has 0 saturated heterocycles. The molecule has 3 heteroatoms. The molecule has 1 N–H and O–H groups in total. The van der Waals surface area contributed by atoms with Crippen molar-refractivity contribution in [3.05, 3.63) is 12.7 Å². The summed E-state index contributed by atoms with van der Waals surface area (Å²) in [6.07, 6.45) is 2.81. The Morgan fingerprint density at radius 1 is 1.20 bits per heavy atom. The average molecular weight is 282 g/mol. The van der Waals surface area contributed by atoms with Gasteiger partial charge in [0.1, 0.15) is 5.78 Å². The van der Waals surface area contributed by atoms with E-state index >= 15 is 0 Å². The van der Waals surface area contributed by atoms with Gasteiger partial charge in [0.2, 0.25) is 0 Å². The first-order valence-corrected chi connectivity index (χ1v) is 7.42. The average Bonchev–Trinajstić information content (AvgIpc) is 2.35. The first-order valence-electron chi connectivity index (χ1n) is 7.42. The lowest BCUT2D eigenvalue weighted by Gasteiger charge is -2.35. The number of carboxylic acids is 1. The molecule has 0 rings (SSSR count). The summed E-state index contributed by atoms with van der Waals surface area (Å²) in [4.78, 5) is 23.6. The van der Waals surface area contributed by atoms with E-state index in [0.29, 0.717) is 5.92 Å². The Kier molecular flexibility index (Phi) is 7.18. The monoisotopic (exact) mass is 282 g/mol. The van der Waals surface area contributed by atoms with Crippen molar-refractivity contribution in [3.8, 4) is 0 Å². The van der Waals surface area contributed by atoms with Gasteiger partial charge in [-0.15, -0.1) is 6.58 Å². The van der Waals surface area contributed by atoms with E-state index in [-0.39, 0.29) is 30.0 Å². The molecule has 0 amide bonds. The van der Waals surface area contributed by atoms with Crippen molar-refractivity contribution < 1.29 is 14.7 Å². The Labute approximate surface area is 123 Å². The third-order valence-electron chi connectivity index (χ3n) is 4.99. The largest absolute Gasteiger partial charge is 0.481 e. The number of ketones is 1. The van der Waals surface area contributed by atoms with E-state index in [2.05, 4.69) is 20.4 Å². The molecule has 0 aliphatic rings. The predicted molar refractivity (Wildman–Crippen MR) is 82.5 cm³/mol. The van der Waals surface area contributed by atoms with Crippen LogP contribution in [-0.2, 0) is 9.59 Å². The minimum Gasteiger partial charge on any atom is -0.481 e. The SMILES string of the molecule is C=CC[C@H](C)[C@H](C)[C@@H](C)C(=O)C(C)(C)[C@@H](C)CC(=O)O. The van der Waals surface area contributed by atoms with E-state index < -0.39 is 11.4 Å². The van der Waals surface area contributed by atoms with Crippen molar-refractivity contribution in [2.24, 2.45) is 29.1 Å². The maximum atomic E-state index is 12.7. The molecule has 0 unspecified atom stereocenters. The summed E-state index contributed by atoms with van der Waals surface area (Å²) in [5.74, 6) is -0.268. The first-order chi connectivity index (χ1) is 9.05. The number of hydrogen-bond donors (Lipinski definition) is 1. The Morgan fingerprint density at radius 2 is 1.70 bits per heavy atom. The molecule has 0 aliphatic carbocycles. The maximum Gasteiger partial charge on any atom is 0.303 e. The van der Waals surface area contributed by atoms with Crippen molar-refractivity contribution in [1.82, 2.24) is 0 Å². The molecule has 0 aromatic carbocycles. The van der Waals surface area contributed by atoms with Gasteiger partial charge in [0.05, 0.1) is 0 Å². The lowest BCUT2D eigenvalue weighted by atomic mass is 9.67. The van der Waals surface area contributed by atoms with E-state index in [1.165, 1.54) is 0 Å². The van der Waals surface area contributed by atoms with Crippen molar-refractivity contribution >= 4 is 11.8 Å². The third-order valence-corrected chi connectivity index (χ3v) is 4.99. The van der Waals surface area contributed by atoms with Crippen LogP contribution in [0, 0.1) is 29.1 Å². The highest BCUT2D eigenvalue weighted by atomic mass is 16.4. The highest BCUT2D eigenvalue weighted by Gasteiger charge is 2.39. The first kappa shape index (κ1) is 18.9. The molecular formula is C17H30O3. The quantitative estimate of drug-likeness (QED) is 0.645. The van der Waals surface area contributed by atoms with Crippen molar-refractivity contribution in [3.63, 3.8) is 0 Å². The lowest BCUT2D eigenvalue weighted by Crippen LogP contribution is -2.39. The Bertz CT molecular complexity index is 357. The van der Waals surface area contributed by atoms with Crippen molar-refractivity contribution in [1.29, 1.82) is 0 Å². The van der Waals surface area contributed by atoms with Crippen LogP contribution in [0.3, 0.4) is 0 Å². The fourth-order valence-electron chi connectivity index (χ4n) is 2.56. The highest BCUT2D eigenvalue weighted by molar-refractivity contribution is 5.87. The molecule has 0 radical (unpaired) electrons. The number of carbonyl (C=O) groups is 2. The molecule has 0 aromatic heterocycles. The van der Waals surface area contributed by atoms with E-state index in [4.69, 9.17) is 5.11 Å². The summed E-state index contributed by atoms with van der Waals surface area (Å²) in [7, 11) is 0. The van der Waals surface area contributed by atoms with Gasteiger partial charge in [0, 0.05) is 17.8 Å². The summed E-state index contributed by atoms with van der Waals surface area (Å²) >= 11 is 0. The van der Waals surface area contributed by atoms with Crippen molar-refractivity contribution in [2.45, 2.75) is 54.4 Å². The molecule has 0 fully saturated rings. The Morgan fingerprint density at radius 3 is 2.10 bits per heavy atom. The van der Waals surface area contributed by atoms with E-state index in [0.717, 1.165) is 6.42 Å². The molecule has 4 atom stereocenters. The van der Waals surface area contributed by atoms with Gasteiger partial charge >= 0.3 is 5.97 Å². The molecule has 0 bridgehead atoms. The van der Waals surface area contributed by atoms with Crippen LogP contribution in [0.1, 0.15) is 54.4 Å². The topological polar surface area (TPSA) is 54.4 Å². The van der Waals surface area contributed by atoms with Crippen LogP contribution in [0.4, 0.5) is 0 Å². The normalized spacial score (nSPS) is 17.9. The standard InChI is InChI=1S/C17H30O3/c1-8-9-11(2)13(4)14(5)16(20)17(6,7)12(3)10-15(18)19/h8,11-14H,1,9-10H2,2-7H3,(H,18,19)/t11-,12-,13-,14+/m0/s1. The highest BCUT2D eigenvalue weighted by Crippen LogP contribution is 2.36. The molecule has 0 aliphatic heterocycles.